The van der Waals surface area contributed by atoms with Crippen LogP contribution in [0.4, 0.5) is 10.1 Å². The third-order valence-electron chi connectivity index (χ3n) is 4.63. The van der Waals surface area contributed by atoms with E-state index in [-0.39, 0.29) is 11.6 Å². The molecule has 7 nitrogen and oxygen atoms in total. The Morgan fingerprint density at radius 2 is 1.83 bits per heavy atom. The fourth-order valence-corrected chi connectivity index (χ4v) is 3.84. The summed E-state index contributed by atoms with van der Waals surface area (Å²) in [5.74, 6) is -0.615. The van der Waals surface area contributed by atoms with Crippen LogP contribution in [0.2, 0.25) is 0 Å². The van der Waals surface area contributed by atoms with Crippen molar-refractivity contribution in [1.82, 2.24) is 5.01 Å². The van der Waals surface area contributed by atoms with Crippen molar-refractivity contribution in [2.75, 3.05) is 11.0 Å². The second-order valence-electron chi connectivity index (χ2n) is 6.90. The smallest absolute Gasteiger partial charge is 0.310 e. The molecule has 0 fully saturated rings. The SMILES string of the molecule is CS(=O)(=O)Nc1ccc(C2=NN(C(=O)c3ccco3)C(c3ccc(F)cc3)C2)cc1. The van der Waals surface area contributed by atoms with Crippen molar-refractivity contribution in [1.29, 1.82) is 0 Å². The summed E-state index contributed by atoms with van der Waals surface area (Å²) in [6.45, 7) is 0. The first-order valence-electron chi connectivity index (χ1n) is 9.08. The number of hydrogen-bond donors (Lipinski definition) is 1. The average Bonchev–Trinajstić information content (AvgIpc) is 3.38. The van der Waals surface area contributed by atoms with Crippen LogP contribution in [0.3, 0.4) is 0 Å². The van der Waals surface area contributed by atoms with E-state index in [1.165, 1.54) is 23.4 Å². The predicted molar refractivity (Wildman–Crippen MR) is 110 cm³/mol. The minimum atomic E-state index is -3.38. The Morgan fingerprint density at radius 3 is 2.43 bits per heavy atom. The number of nitrogens with zero attached hydrogens (tertiary/aromatic N) is 2. The maximum Gasteiger partial charge on any atom is 0.310 e. The molecule has 1 atom stereocenters. The lowest BCUT2D eigenvalue weighted by molar-refractivity contribution is 0.0678. The Morgan fingerprint density at radius 1 is 1.13 bits per heavy atom. The maximum absolute atomic E-state index is 13.4. The van der Waals surface area contributed by atoms with Crippen molar-refractivity contribution in [3.05, 3.63) is 89.6 Å². The normalized spacial score (nSPS) is 16.4. The summed E-state index contributed by atoms with van der Waals surface area (Å²) in [7, 11) is -3.38. The number of furan rings is 1. The van der Waals surface area contributed by atoms with Crippen LogP contribution in [0.15, 0.2) is 76.4 Å². The van der Waals surface area contributed by atoms with Crippen LogP contribution in [0.1, 0.15) is 34.1 Å². The summed E-state index contributed by atoms with van der Waals surface area (Å²) in [5.41, 5.74) is 2.56. The van der Waals surface area contributed by atoms with E-state index >= 15 is 0 Å². The van der Waals surface area contributed by atoms with E-state index in [9.17, 15) is 17.6 Å². The van der Waals surface area contributed by atoms with Gasteiger partial charge in [0.1, 0.15) is 5.82 Å². The number of halogens is 1. The van der Waals surface area contributed by atoms with Gasteiger partial charge in [-0.15, -0.1) is 0 Å². The summed E-state index contributed by atoms with van der Waals surface area (Å²) < 4.78 is 43.8. The third-order valence-corrected chi connectivity index (χ3v) is 5.23. The molecule has 1 unspecified atom stereocenters. The highest BCUT2D eigenvalue weighted by Crippen LogP contribution is 2.34. The van der Waals surface area contributed by atoms with Crippen LogP contribution in [0.5, 0.6) is 0 Å². The lowest BCUT2D eigenvalue weighted by Crippen LogP contribution is -2.26. The number of carbonyl (C=O) groups is 1. The fraction of sp³-hybridized carbons (Fsp3) is 0.143. The number of rotatable bonds is 5. The molecule has 4 rings (SSSR count). The molecular formula is C21H18FN3O4S. The molecule has 1 N–H and O–H groups in total. The highest BCUT2D eigenvalue weighted by molar-refractivity contribution is 7.92. The molecule has 0 spiro atoms. The molecule has 0 radical (unpaired) electrons. The molecule has 2 heterocycles. The number of benzene rings is 2. The van der Waals surface area contributed by atoms with Gasteiger partial charge in [0.25, 0.3) is 0 Å². The van der Waals surface area contributed by atoms with Crippen LogP contribution in [0.25, 0.3) is 0 Å². The molecule has 2 aromatic carbocycles. The molecule has 0 aliphatic carbocycles. The Kier molecular flexibility index (Phi) is 5.13. The standard InChI is InChI=1S/C21H18FN3O4S/c1-30(27,28)24-17-10-6-14(7-11-17)18-13-19(15-4-8-16(22)9-5-15)25(23-18)21(26)20-3-2-12-29-20/h2-12,19,24H,13H2,1H3. The Bertz CT molecular complexity index is 1190. The quantitative estimate of drug-likeness (QED) is 0.671. The number of carbonyl (C=O) groups excluding carboxylic acids is 1. The largest absolute Gasteiger partial charge is 0.459 e. The number of anilines is 1. The van der Waals surface area contributed by atoms with Crippen molar-refractivity contribution >= 4 is 27.3 Å². The van der Waals surface area contributed by atoms with E-state index in [1.54, 1.807) is 48.5 Å². The van der Waals surface area contributed by atoms with E-state index in [0.29, 0.717) is 17.8 Å². The van der Waals surface area contributed by atoms with Crippen molar-refractivity contribution in [2.45, 2.75) is 12.5 Å². The van der Waals surface area contributed by atoms with Gasteiger partial charge < -0.3 is 4.42 Å². The molecule has 1 aromatic heterocycles. The van der Waals surface area contributed by atoms with Gasteiger partial charge in [-0.05, 0) is 47.5 Å². The van der Waals surface area contributed by atoms with Crippen LogP contribution < -0.4 is 4.72 Å². The van der Waals surface area contributed by atoms with Gasteiger partial charge in [0.05, 0.1) is 24.3 Å². The summed E-state index contributed by atoms with van der Waals surface area (Å²) in [4.78, 5) is 12.9. The molecule has 1 aliphatic rings. The topological polar surface area (TPSA) is 92.0 Å². The minimum Gasteiger partial charge on any atom is -0.459 e. The van der Waals surface area contributed by atoms with E-state index in [1.807, 2.05) is 0 Å². The number of nitrogens with one attached hydrogen (secondary N) is 1. The van der Waals surface area contributed by atoms with Crippen molar-refractivity contribution in [3.63, 3.8) is 0 Å². The zero-order valence-electron chi connectivity index (χ0n) is 15.9. The summed E-state index contributed by atoms with van der Waals surface area (Å²) in [5, 5.41) is 5.84. The van der Waals surface area contributed by atoms with E-state index in [2.05, 4.69) is 9.82 Å². The second-order valence-corrected chi connectivity index (χ2v) is 8.65. The summed E-state index contributed by atoms with van der Waals surface area (Å²) in [6, 6.07) is 15.4. The van der Waals surface area contributed by atoms with E-state index in [4.69, 9.17) is 4.42 Å². The van der Waals surface area contributed by atoms with Gasteiger partial charge in [-0.25, -0.2) is 17.8 Å². The number of hydrazone groups is 1. The van der Waals surface area contributed by atoms with Crippen molar-refractivity contribution in [2.24, 2.45) is 5.10 Å². The van der Waals surface area contributed by atoms with Crippen molar-refractivity contribution < 1.29 is 22.0 Å². The first kappa shape index (κ1) is 19.8. The number of amides is 1. The average molecular weight is 427 g/mol. The molecular weight excluding hydrogens is 409 g/mol. The van der Waals surface area contributed by atoms with Crippen LogP contribution in [-0.2, 0) is 10.0 Å². The molecule has 1 aliphatic heterocycles. The first-order chi connectivity index (χ1) is 14.3. The van der Waals surface area contributed by atoms with Crippen LogP contribution in [0, 0.1) is 5.82 Å². The molecule has 3 aromatic rings. The molecule has 154 valence electrons. The zero-order valence-corrected chi connectivity index (χ0v) is 16.8. The summed E-state index contributed by atoms with van der Waals surface area (Å²) in [6.07, 6.45) is 2.90. The van der Waals surface area contributed by atoms with Gasteiger partial charge in [0.2, 0.25) is 10.0 Å². The fourth-order valence-electron chi connectivity index (χ4n) is 3.27. The van der Waals surface area contributed by atoms with E-state index < -0.39 is 22.0 Å². The number of hydrogen-bond acceptors (Lipinski definition) is 5. The highest BCUT2D eigenvalue weighted by Gasteiger charge is 2.34. The second kappa shape index (κ2) is 7.75. The first-order valence-corrected chi connectivity index (χ1v) is 11.0. The zero-order chi connectivity index (χ0) is 21.3. The highest BCUT2D eigenvalue weighted by atomic mass is 32.2. The minimum absolute atomic E-state index is 0.153. The molecule has 0 saturated heterocycles. The molecule has 0 saturated carbocycles. The lowest BCUT2D eigenvalue weighted by atomic mass is 9.98. The Labute approximate surface area is 172 Å². The third kappa shape index (κ3) is 4.25. The molecule has 0 bridgehead atoms. The predicted octanol–water partition coefficient (Wildman–Crippen LogP) is 3.78. The van der Waals surface area contributed by atoms with Crippen LogP contribution >= 0.6 is 0 Å². The monoisotopic (exact) mass is 427 g/mol. The Hall–Kier alpha value is -3.46. The summed E-state index contributed by atoms with van der Waals surface area (Å²) >= 11 is 0. The van der Waals surface area contributed by atoms with Crippen LogP contribution in [-0.4, -0.2) is 31.3 Å². The van der Waals surface area contributed by atoms with Crippen molar-refractivity contribution in [3.8, 4) is 0 Å². The van der Waals surface area contributed by atoms with Gasteiger partial charge in [-0.3, -0.25) is 9.52 Å². The van der Waals surface area contributed by atoms with Gasteiger partial charge in [0, 0.05) is 12.1 Å². The number of sulfonamides is 1. The maximum atomic E-state index is 13.4. The molecule has 1 amide bonds. The van der Waals surface area contributed by atoms with Gasteiger partial charge in [-0.2, -0.15) is 5.10 Å². The molecule has 9 heteroatoms. The van der Waals surface area contributed by atoms with Gasteiger partial charge in [-0.1, -0.05) is 24.3 Å². The van der Waals surface area contributed by atoms with Gasteiger partial charge in [0.15, 0.2) is 5.76 Å². The van der Waals surface area contributed by atoms with E-state index in [0.717, 1.165) is 17.4 Å². The lowest BCUT2D eigenvalue weighted by Gasteiger charge is -2.21. The molecule has 30 heavy (non-hydrogen) atoms. The van der Waals surface area contributed by atoms with Gasteiger partial charge >= 0.3 is 5.91 Å². The Balaban J connectivity index is 1.66.